The fraction of sp³-hybridized carbons (Fsp3) is 0.250. The van der Waals surface area contributed by atoms with Crippen LogP contribution in [0.4, 0.5) is 14.5 Å². The van der Waals surface area contributed by atoms with E-state index in [0.29, 0.717) is 0 Å². The van der Waals surface area contributed by atoms with Crippen LogP contribution in [0.2, 0.25) is 0 Å². The quantitative estimate of drug-likeness (QED) is 0.815. The monoisotopic (exact) mass is 236 g/mol. The second-order valence-electron chi connectivity index (χ2n) is 2.59. The van der Waals surface area contributed by atoms with Crippen molar-refractivity contribution in [1.29, 1.82) is 0 Å². The van der Waals surface area contributed by atoms with Crippen molar-refractivity contribution in [1.82, 2.24) is 4.98 Å². The summed E-state index contributed by atoms with van der Waals surface area (Å²) in [4.78, 5) is 14.3. The lowest BCUT2D eigenvalue weighted by molar-refractivity contribution is 0.108. The highest BCUT2D eigenvalue weighted by atomic mass is 35.5. The second kappa shape index (κ2) is 4.39. The predicted molar refractivity (Wildman–Crippen MR) is 50.3 cm³/mol. The van der Waals surface area contributed by atoms with Crippen molar-refractivity contribution < 1.29 is 18.3 Å². The minimum absolute atomic E-state index is 0.151. The standard InChI is InChI=1S/C8H7ClF2N2O2/c1-15-8-5(12)3(6(9)14)2-4(13-8)7(10)11/h2,7H,12H2,1H3. The van der Waals surface area contributed by atoms with Crippen molar-refractivity contribution in [2.45, 2.75) is 6.43 Å². The minimum Gasteiger partial charge on any atom is -0.480 e. The van der Waals surface area contributed by atoms with Crippen LogP contribution in [0.1, 0.15) is 22.5 Å². The van der Waals surface area contributed by atoms with Crippen molar-refractivity contribution in [3.63, 3.8) is 0 Å². The Kier molecular flexibility index (Phi) is 3.41. The maximum absolute atomic E-state index is 12.3. The molecule has 0 unspecified atom stereocenters. The molecule has 0 aliphatic carbocycles. The molecule has 1 heterocycles. The van der Waals surface area contributed by atoms with E-state index in [1.165, 1.54) is 7.11 Å². The number of nitrogen functional groups attached to an aromatic ring is 1. The van der Waals surface area contributed by atoms with Gasteiger partial charge in [-0.1, -0.05) is 0 Å². The summed E-state index contributed by atoms with van der Waals surface area (Å²) in [7, 11) is 1.20. The van der Waals surface area contributed by atoms with E-state index >= 15 is 0 Å². The number of aromatic nitrogens is 1. The van der Waals surface area contributed by atoms with Crippen LogP contribution in [0.3, 0.4) is 0 Å². The van der Waals surface area contributed by atoms with E-state index in [2.05, 4.69) is 9.72 Å². The van der Waals surface area contributed by atoms with Crippen LogP contribution in [0, 0.1) is 0 Å². The van der Waals surface area contributed by atoms with Crippen LogP contribution < -0.4 is 10.5 Å². The third kappa shape index (κ3) is 2.33. The number of nitrogens with two attached hydrogens (primary N) is 1. The molecular weight excluding hydrogens is 230 g/mol. The number of carbonyl (C=O) groups is 1. The van der Waals surface area contributed by atoms with Crippen LogP contribution in [-0.2, 0) is 0 Å². The highest BCUT2D eigenvalue weighted by Crippen LogP contribution is 2.29. The topological polar surface area (TPSA) is 65.2 Å². The molecule has 0 spiro atoms. The first kappa shape index (κ1) is 11.6. The Labute approximate surface area is 89.0 Å². The van der Waals surface area contributed by atoms with E-state index in [-0.39, 0.29) is 17.1 Å². The third-order valence-electron chi connectivity index (χ3n) is 1.67. The zero-order valence-corrected chi connectivity index (χ0v) is 8.39. The van der Waals surface area contributed by atoms with Crippen LogP contribution in [0.25, 0.3) is 0 Å². The van der Waals surface area contributed by atoms with Gasteiger partial charge in [-0.15, -0.1) is 0 Å². The van der Waals surface area contributed by atoms with E-state index in [1.54, 1.807) is 0 Å². The molecule has 0 saturated heterocycles. The van der Waals surface area contributed by atoms with Gasteiger partial charge in [-0.25, -0.2) is 13.8 Å². The van der Waals surface area contributed by atoms with Crippen molar-refractivity contribution in [2.24, 2.45) is 0 Å². The molecule has 4 nitrogen and oxygen atoms in total. The van der Waals surface area contributed by atoms with Crippen LogP contribution in [0.15, 0.2) is 6.07 Å². The molecule has 82 valence electrons. The largest absolute Gasteiger partial charge is 0.480 e. The number of rotatable bonds is 3. The van der Waals surface area contributed by atoms with Crippen molar-refractivity contribution >= 4 is 22.5 Å². The smallest absolute Gasteiger partial charge is 0.280 e. The predicted octanol–water partition coefficient (Wildman–Crippen LogP) is 1.99. The normalized spacial score (nSPS) is 10.5. The number of nitrogens with zero attached hydrogens (tertiary/aromatic N) is 1. The molecule has 0 radical (unpaired) electrons. The Balaban J connectivity index is 3.38. The van der Waals surface area contributed by atoms with Crippen molar-refractivity contribution in [3.8, 4) is 5.88 Å². The highest BCUT2D eigenvalue weighted by molar-refractivity contribution is 6.68. The molecule has 0 aliphatic rings. The Bertz CT molecular complexity index is 398. The van der Waals surface area contributed by atoms with E-state index in [0.717, 1.165) is 6.07 Å². The molecule has 0 fully saturated rings. The first-order valence-corrected chi connectivity index (χ1v) is 4.17. The van der Waals surface area contributed by atoms with Gasteiger partial charge in [0.15, 0.2) is 0 Å². The van der Waals surface area contributed by atoms with Crippen LogP contribution >= 0.6 is 11.6 Å². The second-order valence-corrected chi connectivity index (χ2v) is 2.94. The highest BCUT2D eigenvalue weighted by Gasteiger charge is 2.19. The number of halogens is 3. The van der Waals surface area contributed by atoms with E-state index in [1.807, 2.05) is 0 Å². The summed E-state index contributed by atoms with van der Waals surface area (Å²) in [6.45, 7) is 0. The van der Waals surface area contributed by atoms with Crippen LogP contribution in [-0.4, -0.2) is 17.3 Å². The Hall–Kier alpha value is -1.43. The van der Waals surface area contributed by atoms with Crippen molar-refractivity contribution in [3.05, 3.63) is 17.3 Å². The molecule has 0 saturated carbocycles. The molecule has 0 bridgehead atoms. The number of hydrogen-bond donors (Lipinski definition) is 1. The fourth-order valence-electron chi connectivity index (χ4n) is 0.981. The average Bonchev–Trinajstić information content (AvgIpc) is 2.17. The zero-order chi connectivity index (χ0) is 11.6. The maximum atomic E-state index is 12.3. The van der Waals surface area contributed by atoms with Gasteiger partial charge in [-0.05, 0) is 17.7 Å². The van der Waals surface area contributed by atoms with Gasteiger partial charge in [-0.3, -0.25) is 4.79 Å². The Morgan fingerprint density at radius 3 is 2.67 bits per heavy atom. The maximum Gasteiger partial charge on any atom is 0.280 e. The van der Waals surface area contributed by atoms with Gasteiger partial charge in [0.05, 0.1) is 12.7 Å². The molecule has 0 atom stereocenters. The molecule has 15 heavy (non-hydrogen) atoms. The van der Waals surface area contributed by atoms with Gasteiger partial charge in [0, 0.05) is 0 Å². The molecule has 0 amide bonds. The molecule has 1 aromatic rings. The van der Waals surface area contributed by atoms with Crippen LogP contribution in [0.5, 0.6) is 5.88 Å². The first-order chi connectivity index (χ1) is 6.97. The summed E-state index contributed by atoms with van der Waals surface area (Å²) in [6, 6.07) is 0.845. The number of carbonyl (C=O) groups excluding carboxylic acids is 1. The number of pyridine rings is 1. The van der Waals surface area contributed by atoms with Gasteiger partial charge in [0.25, 0.3) is 11.7 Å². The summed E-state index contributed by atoms with van der Waals surface area (Å²) in [6.07, 6.45) is -2.82. The summed E-state index contributed by atoms with van der Waals surface area (Å²) in [5.41, 5.74) is 4.43. The SMILES string of the molecule is COc1nc(C(F)F)cc(C(=O)Cl)c1N. The van der Waals surface area contributed by atoms with E-state index in [9.17, 15) is 13.6 Å². The Morgan fingerprint density at radius 1 is 1.67 bits per heavy atom. The van der Waals surface area contributed by atoms with E-state index < -0.39 is 17.4 Å². The molecule has 2 N–H and O–H groups in total. The fourth-order valence-corrected chi connectivity index (χ4v) is 1.14. The summed E-state index contributed by atoms with van der Waals surface area (Å²) >= 11 is 5.17. The molecule has 7 heteroatoms. The van der Waals surface area contributed by atoms with Gasteiger partial charge in [-0.2, -0.15) is 0 Å². The number of alkyl halides is 2. The molecule has 1 rings (SSSR count). The molecule has 1 aromatic heterocycles. The Morgan fingerprint density at radius 2 is 2.27 bits per heavy atom. The minimum atomic E-state index is -2.82. The lowest BCUT2D eigenvalue weighted by atomic mass is 10.2. The summed E-state index contributed by atoms with van der Waals surface area (Å²) in [5.74, 6) is -0.239. The average molecular weight is 237 g/mol. The van der Waals surface area contributed by atoms with Gasteiger partial charge >= 0.3 is 0 Å². The van der Waals surface area contributed by atoms with Crippen molar-refractivity contribution in [2.75, 3.05) is 12.8 Å². The summed E-state index contributed by atoms with van der Waals surface area (Å²) in [5, 5.41) is -0.935. The zero-order valence-electron chi connectivity index (χ0n) is 7.63. The van der Waals surface area contributed by atoms with Gasteiger partial charge in [0.2, 0.25) is 5.88 Å². The first-order valence-electron chi connectivity index (χ1n) is 3.79. The molecule has 0 aliphatic heterocycles. The molecule has 0 aromatic carbocycles. The number of methoxy groups -OCH3 is 1. The molecular formula is C8H7ClF2N2O2. The van der Waals surface area contributed by atoms with Gasteiger partial charge < -0.3 is 10.5 Å². The lowest BCUT2D eigenvalue weighted by Crippen LogP contribution is -2.05. The summed E-state index contributed by atoms with van der Waals surface area (Å²) < 4.78 is 29.3. The van der Waals surface area contributed by atoms with Gasteiger partial charge in [0.1, 0.15) is 11.4 Å². The number of anilines is 1. The lowest BCUT2D eigenvalue weighted by Gasteiger charge is -2.08. The number of ether oxygens (including phenoxy) is 1. The van der Waals surface area contributed by atoms with E-state index in [4.69, 9.17) is 17.3 Å². The third-order valence-corrected chi connectivity index (χ3v) is 1.88. The number of hydrogen-bond acceptors (Lipinski definition) is 4.